The van der Waals surface area contributed by atoms with Crippen molar-refractivity contribution in [2.24, 2.45) is 11.7 Å². The molecule has 0 bridgehead atoms. The lowest BCUT2D eigenvalue weighted by molar-refractivity contribution is -0.125. The third kappa shape index (κ3) is 3.57. The summed E-state index contributed by atoms with van der Waals surface area (Å²) < 4.78 is 0. The fraction of sp³-hybridized carbons (Fsp3) is 0.467. The number of primary amides is 1. The number of nitrogens with two attached hydrogens (primary N) is 1. The van der Waals surface area contributed by atoms with Gasteiger partial charge in [0.1, 0.15) is 0 Å². The molecule has 0 saturated carbocycles. The molecule has 2 unspecified atom stereocenters. The molecule has 0 aromatic heterocycles. The van der Waals surface area contributed by atoms with Gasteiger partial charge in [-0.25, -0.2) is 0 Å². The van der Waals surface area contributed by atoms with Crippen LogP contribution in [0, 0.1) is 5.92 Å². The van der Waals surface area contributed by atoms with Gasteiger partial charge in [-0.1, -0.05) is 19.1 Å². The van der Waals surface area contributed by atoms with Crippen molar-refractivity contribution in [1.82, 2.24) is 10.6 Å². The monoisotopic (exact) mass is 275 g/mol. The molecule has 5 nitrogen and oxygen atoms in total. The fourth-order valence-electron chi connectivity index (χ4n) is 2.53. The zero-order valence-corrected chi connectivity index (χ0v) is 11.7. The molecular formula is C15H21N3O2. The molecule has 108 valence electrons. The van der Waals surface area contributed by atoms with Crippen LogP contribution in [-0.2, 0) is 11.3 Å². The van der Waals surface area contributed by atoms with Gasteiger partial charge >= 0.3 is 0 Å². The Balaban J connectivity index is 1.92. The number of hydrogen-bond donors (Lipinski definition) is 3. The second-order valence-corrected chi connectivity index (χ2v) is 5.33. The molecular weight excluding hydrogens is 254 g/mol. The van der Waals surface area contributed by atoms with Crippen LogP contribution in [0.4, 0.5) is 0 Å². The van der Waals surface area contributed by atoms with E-state index in [1.54, 1.807) is 18.2 Å². The largest absolute Gasteiger partial charge is 0.366 e. The number of carbonyl (C=O) groups is 2. The molecule has 1 aliphatic heterocycles. The van der Waals surface area contributed by atoms with Crippen LogP contribution in [0.1, 0.15) is 35.7 Å². The van der Waals surface area contributed by atoms with Crippen LogP contribution >= 0.6 is 0 Å². The lowest BCUT2D eigenvalue weighted by Gasteiger charge is -2.28. The van der Waals surface area contributed by atoms with E-state index in [1.165, 1.54) is 0 Å². The molecule has 0 aliphatic carbocycles. The van der Waals surface area contributed by atoms with Crippen LogP contribution in [0.15, 0.2) is 24.3 Å². The Hall–Kier alpha value is -1.88. The van der Waals surface area contributed by atoms with Crippen LogP contribution in [0.2, 0.25) is 0 Å². The Labute approximate surface area is 118 Å². The molecule has 1 heterocycles. The molecule has 1 fully saturated rings. The van der Waals surface area contributed by atoms with Gasteiger partial charge in [0.25, 0.3) is 0 Å². The van der Waals surface area contributed by atoms with Crippen molar-refractivity contribution >= 4 is 11.8 Å². The second-order valence-electron chi connectivity index (χ2n) is 5.33. The number of hydrogen-bond acceptors (Lipinski definition) is 3. The quantitative estimate of drug-likeness (QED) is 0.759. The van der Waals surface area contributed by atoms with E-state index in [2.05, 4.69) is 17.6 Å². The molecule has 0 spiro atoms. The number of piperidine rings is 1. The molecule has 1 saturated heterocycles. The number of amides is 2. The van der Waals surface area contributed by atoms with Gasteiger partial charge in [0.05, 0.1) is 6.04 Å². The topological polar surface area (TPSA) is 84.2 Å². The number of carbonyl (C=O) groups excluding carboxylic acids is 2. The highest BCUT2D eigenvalue weighted by molar-refractivity contribution is 5.92. The fourth-order valence-corrected chi connectivity index (χ4v) is 2.53. The summed E-state index contributed by atoms with van der Waals surface area (Å²) in [4.78, 5) is 23.2. The lowest BCUT2D eigenvalue weighted by atomic mass is 9.92. The van der Waals surface area contributed by atoms with E-state index >= 15 is 0 Å². The molecule has 2 rings (SSSR count). The first-order chi connectivity index (χ1) is 9.58. The minimum atomic E-state index is -0.458. The third-order valence-electron chi connectivity index (χ3n) is 3.73. The highest BCUT2D eigenvalue weighted by Crippen LogP contribution is 2.15. The number of benzene rings is 1. The summed E-state index contributed by atoms with van der Waals surface area (Å²) in [5.74, 6) is -0.0943. The number of rotatable bonds is 4. The molecule has 0 radical (unpaired) electrons. The van der Waals surface area contributed by atoms with Gasteiger partial charge in [-0.2, -0.15) is 0 Å². The van der Waals surface area contributed by atoms with Crippen molar-refractivity contribution in [1.29, 1.82) is 0 Å². The second kappa shape index (κ2) is 6.52. The minimum Gasteiger partial charge on any atom is -0.366 e. The summed E-state index contributed by atoms with van der Waals surface area (Å²) in [6, 6.07) is 6.88. The maximum absolute atomic E-state index is 12.1. The molecule has 1 aromatic rings. The Bertz CT molecular complexity index is 502. The average Bonchev–Trinajstić information content (AvgIpc) is 2.45. The SMILES string of the molecule is CC1CCCNC1C(=O)NCc1cccc(C(N)=O)c1. The van der Waals surface area contributed by atoms with E-state index in [0.717, 1.165) is 24.9 Å². The standard InChI is InChI=1S/C15H21N3O2/c1-10-4-3-7-17-13(10)15(20)18-9-11-5-2-6-12(8-11)14(16)19/h2,5-6,8,10,13,17H,3-4,7,9H2,1H3,(H2,16,19)(H,18,20). The van der Waals surface area contributed by atoms with Gasteiger partial charge in [0.2, 0.25) is 11.8 Å². The zero-order valence-electron chi connectivity index (χ0n) is 11.7. The van der Waals surface area contributed by atoms with Crippen LogP contribution < -0.4 is 16.4 Å². The summed E-state index contributed by atoms with van der Waals surface area (Å²) in [5.41, 5.74) is 6.57. The van der Waals surface area contributed by atoms with Gasteiger partial charge in [-0.05, 0) is 43.0 Å². The summed E-state index contributed by atoms with van der Waals surface area (Å²) in [6.45, 7) is 3.38. The van der Waals surface area contributed by atoms with Crippen molar-refractivity contribution in [3.05, 3.63) is 35.4 Å². The summed E-state index contributed by atoms with van der Waals surface area (Å²) in [5, 5.41) is 6.16. The van der Waals surface area contributed by atoms with E-state index in [0.29, 0.717) is 18.0 Å². The van der Waals surface area contributed by atoms with Crippen molar-refractivity contribution in [2.75, 3.05) is 6.54 Å². The smallest absolute Gasteiger partial charge is 0.248 e. The molecule has 5 heteroatoms. The van der Waals surface area contributed by atoms with Crippen LogP contribution in [0.3, 0.4) is 0 Å². The Morgan fingerprint density at radius 1 is 1.45 bits per heavy atom. The Kier molecular flexibility index (Phi) is 4.74. The van der Waals surface area contributed by atoms with Crippen molar-refractivity contribution in [3.63, 3.8) is 0 Å². The molecule has 1 aliphatic rings. The average molecular weight is 275 g/mol. The molecule has 2 atom stereocenters. The molecule has 20 heavy (non-hydrogen) atoms. The Morgan fingerprint density at radius 2 is 2.25 bits per heavy atom. The molecule has 4 N–H and O–H groups in total. The third-order valence-corrected chi connectivity index (χ3v) is 3.73. The summed E-state index contributed by atoms with van der Waals surface area (Å²) in [6.07, 6.45) is 2.19. The van der Waals surface area contributed by atoms with Crippen molar-refractivity contribution in [3.8, 4) is 0 Å². The lowest BCUT2D eigenvalue weighted by Crippen LogP contribution is -2.50. The Morgan fingerprint density at radius 3 is 2.95 bits per heavy atom. The zero-order chi connectivity index (χ0) is 14.5. The van der Waals surface area contributed by atoms with Crippen LogP contribution in [0.5, 0.6) is 0 Å². The van der Waals surface area contributed by atoms with Gasteiger partial charge < -0.3 is 16.4 Å². The van der Waals surface area contributed by atoms with Crippen LogP contribution in [0.25, 0.3) is 0 Å². The normalized spacial score (nSPS) is 22.2. The van der Waals surface area contributed by atoms with Gasteiger partial charge in [0, 0.05) is 12.1 Å². The van der Waals surface area contributed by atoms with E-state index in [-0.39, 0.29) is 11.9 Å². The van der Waals surface area contributed by atoms with Crippen molar-refractivity contribution < 1.29 is 9.59 Å². The van der Waals surface area contributed by atoms with Gasteiger partial charge in [0.15, 0.2) is 0 Å². The minimum absolute atomic E-state index is 0.0154. The van der Waals surface area contributed by atoms with E-state index in [4.69, 9.17) is 5.73 Å². The molecule has 1 aromatic carbocycles. The maximum Gasteiger partial charge on any atom is 0.248 e. The first-order valence-electron chi connectivity index (χ1n) is 6.98. The van der Waals surface area contributed by atoms with Gasteiger partial charge in [-0.3, -0.25) is 9.59 Å². The van der Waals surface area contributed by atoms with E-state index in [9.17, 15) is 9.59 Å². The summed E-state index contributed by atoms with van der Waals surface area (Å²) in [7, 11) is 0. The highest BCUT2D eigenvalue weighted by Gasteiger charge is 2.26. The first kappa shape index (κ1) is 14.5. The maximum atomic E-state index is 12.1. The highest BCUT2D eigenvalue weighted by atomic mass is 16.2. The van der Waals surface area contributed by atoms with Gasteiger partial charge in [-0.15, -0.1) is 0 Å². The first-order valence-corrected chi connectivity index (χ1v) is 6.98. The number of nitrogens with one attached hydrogen (secondary N) is 2. The van der Waals surface area contributed by atoms with E-state index < -0.39 is 5.91 Å². The summed E-state index contributed by atoms with van der Waals surface area (Å²) >= 11 is 0. The predicted octanol–water partition coefficient (Wildman–Crippen LogP) is 0.790. The van der Waals surface area contributed by atoms with E-state index in [1.807, 2.05) is 6.07 Å². The van der Waals surface area contributed by atoms with Crippen molar-refractivity contribution in [2.45, 2.75) is 32.4 Å². The molecule has 2 amide bonds. The predicted molar refractivity (Wildman–Crippen MR) is 77.0 cm³/mol. The van der Waals surface area contributed by atoms with Crippen LogP contribution in [-0.4, -0.2) is 24.4 Å².